The van der Waals surface area contributed by atoms with Crippen LogP contribution in [0.25, 0.3) is 0 Å². The molecule has 0 spiro atoms. The lowest BCUT2D eigenvalue weighted by Gasteiger charge is -2.29. The number of carboxylic acid groups (broad SMARTS) is 1. The third kappa shape index (κ3) is 2.37. The maximum absolute atomic E-state index is 11.5. The van der Waals surface area contributed by atoms with E-state index in [9.17, 15) is 18.3 Å². The number of sulfone groups is 1. The van der Waals surface area contributed by atoms with E-state index in [0.29, 0.717) is 18.9 Å². The second-order valence-electron chi connectivity index (χ2n) is 5.26. The zero-order valence-corrected chi connectivity index (χ0v) is 11.8. The van der Waals surface area contributed by atoms with E-state index in [2.05, 4.69) is 4.98 Å². The van der Waals surface area contributed by atoms with E-state index in [1.165, 1.54) is 0 Å². The highest BCUT2D eigenvalue weighted by atomic mass is 32.2. The molecule has 0 saturated carbocycles. The van der Waals surface area contributed by atoms with Gasteiger partial charge in [0.2, 0.25) is 0 Å². The largest absolute Gasteiger partial charge is 0.478 e. The minimum absolute atomic E-state index is 0.0603. The first kappa shape index (κ1) is 13.4. The van der Waals surface area contributed by atoms with Crippen molar-refractivity contribution in [1.82, 2.24) is 4.98 Å². The summed E-state index contributed by atoms with van der Waals surface area (Å²) in [6.45, 7) is 0.628. The lowest BCUT2D eigenvalue weighted by molar-refractivity contribution is 0.0697. The highest BCUT2D eigenvalue weighted by molar-refractivity contribution is 7.91. The third-order valence-electron chi connectivity index (χ3n) is 3.91. The summed E-state index contributed by atoms with van der Waals surface area (Å²) in [5.41, 5.74) is 2.15. The van der Waals surface area contributed by atoms with E-state index < -0.39 is 15.8 Å². The Morgan fingerprint density at radius 2 is 1.95 bits per heavy atom. The number of anilines is 1. The highest BCUT2D eigenvalue weighted by Gasteiger charge is 2.27. The fourth-order valence-corrected chi connectivity index (χ4v) is 3.99. The van der Waals surface area contributed by atoms with Gasteiger partial charge in [-0.05, 0) is 30.9 Å². The molecule has 0 radical (unpaired) electrons. The van der Waals surface area contributed by atoms with Gasteiger partial charge in [0.05, 0.1) is 11.5 Å². The Morgan fingerprint density at radius 3 is 2.60 bits per heavy atom. The summed E-state index contributed by atoms with van der Waals surface area (Å²) in [7, 11) is -2.99. The lowest BCUT2D eigenvalue weighted by Crippen LogP contribution is -2.41. The molecule has 0 amide bonds. The molecule has 0 bridgehead atoms. The van der Waals surface area contributed by atoms with Gasteiger partial charge in [-0.15, -0.1) is 0 Å². The summed E-state index contributed by atoms with van der Waals surface area (Å²) in [4.78, 5) is 17.7. The normalized spacial score (nSPS) is 20.7. The predicted octanol–water partition coefficient (Wildman–Crippen LogP) is 0.503. The molecule has 6 nitrogen and oxygen atoms in total. The zero-order chi connectivity index (χ0) is 14.3. The fourth-order valence-electron chi connectivity index (χ4n) is 2.78. The quantitative estimate of drug-likeness (QED) is 0.855. The van der Waals surface area contributed by atoms with Crippen LogP contribution in [0.3, 0.4) is 0 Å². The van der Waals surface area contributed by atoms with Crippen LogP contribution in [-0.4, -0.2) is 49.1 Å². The third-order valence-corrected chi connectivity index (χ3v) is 5.51. The number of hydrogen-bond acceptors (Lipinski definition) is 5. The molecule has 1 aromatic heterocycles. The summed E-state index contributed by atoms with van der Waals surface area (Å²) in [6.07, 6.45) is 2.74. The number of carboxylic acids is 1. The smallest absolute Gasteiger partial charge is 0.339 e. The minimum Gasteiger partial charge on any atom is -0.478 e. The Morgan fingerprint density at radius 1 is 1.25 bits per heavy atom. The van der Waals surface area contributed by atoms with E-state index in [-0.39, 0.29) is 17.1 Å². The van der Waals surface area contributed by atoms with Crippen LogP contribution in [0.1, 0.15) is 28.0 Å². The van der Waals surface area contributed by atoms with Crippen LogP contribution in [0.15, 0.2) is 6.07 Å². The Balaban J connectivity index is 1.98. The summed E-state index contributed by atoms with van der Waals surface area (Å²) in [5.74, 6) is -0.459. The van der Waals surface area contributed by atoms with Crippen molar-refractivity contribution in [3.8, 4) is 0 Å². The van der Waals surface area contributed by atoms with Crippen molar-refractivity contribution < 1.29 is 18.3 Å². The average Bonchev–Trinajstić information content (AvgIpc) is 2.84. The maximum atomic E-state index is 11.5. The van der Waals surface area contributed by atoms with Crippen LogP contribution < -0.4 is 4.90 Å². The second kappa shape index (κ2) is 4.73. The van der Waals surface area contributed by atoms with Crippen molar-refractivity contribution in [3.05, 3.63) is 22.9 Å². The van der Waals surface area contributed by atoms with Gasteiger partial charge in [-0.2, -0.15) is 0 Å². The van der Waals surface area contributed by atoms with Crippen molar-refractivity contribution in [2.75, 3.05) is 29.5 Å². The number of aromatic nitrogens is 1. The number of hydrogen-bond donors (Lipinski definition) is 1. The Bertz CT molecular complexity index is 655. The van der Waals surface area contributed by atoms with Gasteiger partial charge in [0, 0.05) is 18.8 Å². The van der Waals surface area contributed by atoms with E-state index >= 15 is 0 Å². The van der Waals surface area contributed by atoms with E-state index in [4.69, 9.17) is 0 Å². The summed E-state index contributed by atoms with van der Waals surface area (Å²) in [5, 5.41) is 9.35. The van der Waals surface area contributed by atoms with Crippen molar-refractivity contribution in [2.45, 2.75) is 19.3 Å². The summed E-state index contributed by atoms with van der Waals surface area (Å²) >= 11 is 0. The molecule has 2 heterocycles. The standard InChI is InChI=1S/C13H16N2O4S/c16-13(17)10-8-9-2-1-3-11(9)14-12(10)15-4-6-20(18,19)7-5-15/h8H,1-7H2,(H,16,17). The van der Waals surface area contributed by atoms with Crippen LogP contribution in [0.4, 0.5) is 5.82 Å². The molecule has 20 heavy (non-hydrogen) atoms. The van der Waals surface area contributed by atoms with Crippen molar-refractivity contribution in [3.63, 3.8) is 0 Å². The van der Waals surface area contributed by atoms with Crippen molar-refractivity contribution in [1.29, 1.82) is 0 Å². The number of aryl methyl sites for hydroxylation is 2. The SMILES string of the molecule is O=C(O)c1cc2c(nc1N1CCS(=O)(=O)CC1)CCC2. The monoisotopic (exact) mass is 296 g/mol. The molecule has 1 fully saturated rings. The molecule has 0 atom stereocenters. The Labute approximate surface area is 117 Å². The number of nitrogens with zero attached hydrogens (tertiary/aromatic N) is 2. The van der Waals surface area contributed by atoms with Gasteiger partial charge < -0.3 is 10.0 Å². The van der Waals surface area contributed by atoms with Gasteiger partial charge in [-0.3, -0.25) is 0 Å². The van der Waals surface area contributed by atoms with Crippen molar-refractivity contribution in [2.24, 2.45) is 0 Å². The molecule has 1 aromatic rings. The van der Waals surface area contributed by atoms with Gasteiger partial charge in [0.25, 0.3) is 0 Å². The topological polar surface area (TPSA) is 87.6 Å². The van der Waals surface area contributed by atoms with Crippen molar-refractivity contribution >= 4 is 21.6 Å². The molecule has 1 saturated heterocycles. The number of pyridine rings is 1. The van der Waals surface area contributed by atoms with Crippen LogP contribution in [0.5, 0.6) is 0 Å². The molecular weight excluding hydrogens is 280 g/mol. The zero-order valence-electron chi connectivity index (χ0n) is 11.0. The van der Waals surface area contributed by atoms with E-state index in [0.717, 1.165) is 30.5 Å². The van der Waals surface area contributed by atoms with Crippen LogP contribution in [0, 0.1) is 0 Å². The Hall–Kier alpha value is -1.63. The second-order valence-corrected chi connectivity index (χ2v) is 7.57. The molecule has 1 aliphatic heterocycles. The van der Waals surface area contributed by atoms with Gasteiger partial charge in [-0.1, -0.05) is 0 Å². The number of carbonyl (C=O) groups is 1. The van der Waals surface area contributed by atoms with E-state index in [1.807, 2.05) is 0 Å². The van der Waals surface area contributed by atoms with Gasteiger partial charge in [0.15, 0.2) is 9.84 Å². The van der Waals surface area contributed by atoms with Crippen LogP contribution in [0.2, 0.25) is 0 Å². The first-order valence-electron chi connectivity index (χ1n) is 6.68. The van der Waals surface area contributed by atoms with Crippen LogP contribution in [-0.2, 0) is 22.7 Å². The van der Waals surface area contributed by atoms with Gasteiger partial charge in [-0.25, -0.2) is 18.2 Å². The first-order valence-corrected chi connectivity index (χ1v) is 8.50. The Kier molecular flexibility index (Phi) is 3.16. The predicted molar refractivity (Wildman–Crippen MR) is 74.1 cm³/mol. The number of fused-ring (bicyclic) bond motifs is 1. The first-order chi connectivity index (χ1) is 9.46. The molecule has 1 aliphatic carbocycles. The fraction of sp³-hybridized carbons (Fsp3) is 0.538. The molecule has 3 rings (SSSR count). The van der Waals surface area contributed by atoms with Crippen LogP contribution >= 0.6 is 0 Å². The molecule has 1 N–H and O–H groups in total. The molecule has 7 heteroatoms. The van der Waals surface area contributed by atoms with Gasteiger partial charge in [0.1, 0.15) is 11.4 Å². The molecule has 108 valence electrons. The summed E-state index contributed by atoms with van der Waals surface area (Å²) in [6, 6.07) is 1.70. The average molecular weight is 296 g/mol. The summed E-state index contributed by atoms with van der Waals surface area (Å²) < 4.78 is 22.9. The maximum Gasteiger partial charge on any atom is 0.339 e. The molecular formula is C13H16N2O4S. The molecule has 2 aliphatic rings. The molecule has 0 aromatic carbocycles. The van der Waals surface area contributed by atoms with Gasteiger partial charge >= 0.3 is 5.97 Å². The molecule has 0 unspecified atom stereocenters. The van der Waals surface area contributed by atoms with E-state index in [1.54, 1.807) is 11.0 Å². The number of aromatic carboxylic acids is 1. The minimum atomic E-state index is -2.99. The number of rotatable bonds is 2. The lowest BCUT2D eigenvalue weighted by atomic mass is 10.1. The highest BCUT2D eigenvalue weighted by Crippen LogP contribution is 2.28.